The summed E-state index contributed by atoms with van der Waals surface area (Å²) in [6.45, 7) is 6.94. The van der Waals surface area contributed by atoms with Crippen molar-refractivity contribution in [3.8, 4) is 0 Å². The topological polar surface area (TPSA) is 46.3 Å². The molecule has 0 bridgehead atoms. The lowest BCUT2D eigenvalue weighted by atomic mass is 9.90. The van der Waals surface area contributed by atoms with Crippen molar-refractivity contribution in [2.75, 3.05) is 6.54 Å². The normalized spacial score (nSPS) is 26.7. The quantitative estimate of drug-likeness (QED) is 0.695. The molecule has 3 nitrogen and oxygen atoms in total. The standard InChI is InChI=1S/C10H20N2O/c1-7(2)12-6-4-5-9(8(3)11)10(12)13/h7-9H,4-6,11H2,1-3H3. The Kier molecular flexibility index (Phi) is 3.31. The van der Waals surface area contributed by atoms with Crippen LogP contribution < -0.4 is 5.73 Å². The van der Waals surface area contributed by atoms with Crippen LogP contribution in [-0.4, -0.2) is 29.4 Å². The number of carbonyl (C=O) groups is 1. The molecule has 2 unspecified atom stereocenters. The van der Waals surface area contributed by atoms with Gasteiger partial charge in [0.1, 0.15) is 0 Å². The minimum atomic E-state index is -0.00551. The molecule has 76 valence electrons. The summed E-state index contributed by atoms with van der Waals surface area (Å²) in [4.78, 5) is 13.8. The molecule has 2 N–H and O–H groups in total. The number of amides is 1. The van der Waals surface area contributed by atoms with Crippen molar-refractivity contribution in [2.45, 2.75) is 45.7 Å². The lowest BCUT2D eigenvalue weighted by Crippen LogP contribution is -2.49. The van der Waals surface area contributed by atoms with E-state index < -0.39 is 0 Å². The van der Waals surface area contributed by atoms with Crippen LogP contribution in [0.25, 0.3) is 0 Å². The van der Waals surface area contributed by atoms with E-state index in [4.69, 9.17) is 5.73 Å². The Morgan fingerprint density at radius 2 is 2.08 bits per heavy atom. The van der Waals surface area contributed by atoms with Gasteiger partial charge >= 0.3 is 0 Å². The molecule has 0 saturated carbocycles. The SMILES string of the molecule is CC(N)C1CCCN(C(C)C)C1=O. The van der Waals surface area contributed by atoms with E-state index in [0.717, 1.165) is 19.4 Å². The van der Waals surface area contributed by atoms with Gasteiger partial charge in [0.2, 0.25) is 5.91 Å². The van der Waals surface area contributed by atoms with Crippen LogP contribution in [0.1, 0.15) is 33.6 Å². The van der Waals surface area contributed by atoms with E-state index in [1.807, 2.05) is 11.8 Å². The Labute approximate surface area is 80.3 Å². The van der Waals surface area contributed by atoms with Crippen LogP contribution in [0.3, 0.4) is 0 Å². The number of piperidine rings is 1. The van der Waals surface area contributed by atoms with Crippen LogP contribution in [0, 0.1) is 5.92 Å². The molecule has 1 saturated heterocycles. The molecule has 1 aliphatic heterocycles. The minimum Gasteiger partial charge on any atom is -0.340 e. The lowest BCUT2D eigenvalue weighted by molar-refractivity contribution is -0.140. The maximum absolute atomic E-state index is 11.9. The third kappa shape index (κ3) is 2.21. The highest BCUT2D eigenvalue weighted by Gasteiger charge is 2.31. The molecule has 0 aromatic heterocycles. The lowest BCUT2D eigenvalue weighted by Gasteiger charge is -2.36. The van der Waals surface area contributed by atoms with Crippen LogP contribution in [0.5, 0.6) is 0 Å². The fourth-order valence-electron chi connectivity index (χ4n) is 1.93. The zero-order chi connectivity index (χ0) is 10.0. The Hall–Kier alpha value is -0.570. The van der Waals surface area contributed by atoms with Crippen molar-refractivity contribution in [1.29, 1.82) is 0 Å². The second-order valence-corrected chi connectivity index (χ2v) is 4.23. The summed E-state index contributed by atoms with van der Waals surface area (Å²) < 4.78 is 0. The van der Waals surface area contributed by atoms with Gasteiger partial charge in [-0.2, -0.15) is 0 Å². The second-order valence-electron chi connectivity index (χ2n) is 4.23. The predicted molar refractivity (Wildman–Crippen MR) is 53.2 cm³/mol. The first-order valence-corrected chi connectivity index (χ1v) is 5.10. The second kappa shape index (κ2) is 4.09. The fourth-order valence-corrected chi connectivity index (χ4v) is 1.93. The van der Waals surface area contributed by atoms with Crippen molar-refractivity contribution in [3.05, 3.63) is 0 Å². The van der Waals surface area contributed by atoms with Gasteiger partial charge in [0.05, 0.1) is 5.92 Å². The average molecular weight is 184 g/mol. The number of nitrogens with zero attached hydrogens (tertiary/aromatic N) is 1. The fraction of sp³-hybridized carbons (Fsp3) is 0.900. The Bertz CT molecular complexity index is 171. The molecule has 13 heavy (non-hydrogen) atoms. The highest BCUT2D eigenvalue weighted by Crippen LogP contribution is 2.21. The van der Waals surface area contributed by atoms with E-state index in [2.05, 4.69) is 13.8 Å². The van der Waals surface area contributed by atoms with E-state index in [1.54, 1.807) is 0 Å². The third-order valence-electron chi connectivity index (χ3n) is 2.77. The van der Waals surface area contributed by atoms with Crippen molar-refractivity contribution >= 4 is 5.91 Å². The van der Waals surface area contributed by atoms with Gasteiger partial charge in [-0.1, -0.05) is 0 Å². The summed E-state index contributed by atoms with van der Waals surface area (Å²) in [5.41, 5.74) is 5.77. The van der Waals surface area contributed by atoms with Crippen LogP contribution in [0.4, 0.5) is 0 Å². The first-order valence-electron chi connectivity index (χ1n) is 5.10. The van der Waals surface area contributed by atoms with E-state index in [9.17, 15) is 4.79 Å². The molecule has 0 aromatic rings. The van der Waals surface area contributed by atoms with Crippen molar-refractivity contribution in [1.82, 2.24) is 4.90 Å². The Balaban J connectivity index is 2.66. The van der Waals surface area contributed by atoms with Gasteiger partial charge < -0.3 is 10.6 Å². The van der Waals surface area contributed by atoms with Crippen molar-refractivity contribution in [3.63, 3.8) is 0 Å². The van der Waals surface area contributed by atoms with Gasteiger partial charge in [0.25, 0.3) is 0 Å². The number of hydrogen-bond donors (Lipinski definition) is 1. The maximum atomic E-state index is 11.9. The smallest absolute Gasteiger partial charge is 0.227 e. The summed E-state index contributed by atoms with van der Waals surface area (Å²) in [6, 6.07) is 0.308. The monoisotopic (exact) mass is 184 g/mol. The minimum absolute atomic E-state index is 0.00551. The first kappa shape index (κ1) is 10.5. The number of nitrogens with two attached hydrogens (primary N) is 1. The largest absolute Gasteiger partial charge is 0.340 e. The zero-order valence-electron chi connectivity index (χ0n) is 8.79. The number of likely N-dealkylation sites (tertiary alicyclic amines) is 1. The van der Waals surface area contributed by atoms with Crippen LogP contribution in [0.15, 0.2) is 0 Å². The maximum Gasteiger partial charge on any atom is 0.227 e. The molecule has 0 aromatic carbocycles. The molecule has 0 aliphatic carbocycles. The molecule has 3 heteroatoms. The number of carbonyl (C=O) groups excluding carboxylic acids is 1. The summed E-state index contributed by atoms with van der Waals surface area (Å²) in [7, 11) is 0. The van der Waals surface area contributed by atoms with Crippen LogP contribution >= 0.6 is 0 Å². The Morgan fingerprint density at radius 3 is 2.54 bits per heavy atom. The van der Waals surface area contributed by atoms with E-state index in [-0.39, 0.29) is 17.9 Å². The van der Waals surface area contributed by atoms with E-state index in [0.29, 0.717) is 6.04 Å². The molecule has 1 heterocycles. The molecular weight excluding hydrogens is 164 g/mol. The molecule has 1 aliphatic rings. The predicted octanol–water partition coefficient (Wildman–Crippen LogP) is 0.981. The van der Waals surface area contributed by atoms with Gasteiger partial charge in [-0.25, -0.2) is 0 Å². The van der Waals surface area contributed by atoms with E-state index >= 15 is 0 Å². The van der Waals surface area contributed by atoms with Crippen molar-refractivity contribution < 1.29 is 4.79 Å². The van der Waals surface area contributed by atoms with Gasteiger partial charge in [-0.15, -0.1) is 0 Å². The van der Waals surface area contributed by atoms with Crippen LogP contribution in [0.2, 0.25) is 0 Å². The first-order chi connectivity index (χ1) is 6.04. The molecule has 1 fully saturated rings. The molecule has 1 amide bonds. The van der Waals surface area contributed by atoms with E-state index in [1.165, 1.54) is 0 Å². The zero-order valence-corrected chi connectivity index (χ0v) is 8.79. The summed E-state index contributed by atoms with van der Waals surface area (Å²) in [5, 5.41) is 0. The molecule has 1 rings (SSSR count). The molecule has 0 spiro atoms. The summed E-state index contributed by atoms with van der Waals surface area (Å²) >= 11 is 0. The van der Waals surface area contributed by atoms with Gasteiger partial charge in [0.15, 0.2) is 0 Å². The number of rotatable bonds is 2. The molecule has 2 atom stereocenters. The highest BCUT2D eigenvalue weighted by atomic mass is 16.2. The highest BCUT2D eigenvalue weighted by molar-refractivity contribution is 5.80. The third-order valence-corrected chi connectivity index (χ3v) is 2.77. The average Bonchev–Trinajstić information content (AvgIpc) is 2.03. The van der Waals surface area contributed by atoms with Gasteiger partial charge in [-0.05, 0) is 33.6 Å². The number of hydrogen-bond acceptors (Lipinski definition) is 2. The molecule has 0 radical (unpaired) electrons. The van der Waals surface area contributed by atoms with Gasteiger partial charge in [0, 0.05) is 18.6 Å². The van der Waals surface area contributed by atoms with Gasteiger partial charge in [-0.3, -0.25) is 4.79 Å². The summed E-state index contributed by atoms with van der Waals surface area (Å²) in [5.74, 6) is 0.299. The summed E-state index contributed by atoms with van der Waals surface area (Å²) in [6.07, 6.45) is 2.05. The Morgan fingerprint density at radius 1 is 1.46 bits per heavy atom. The van der Waals surface area contributed by atoms with Crippen LogP contribution in [-0.2, 0) is 4.79 Å². The molecular formula is C10H20N2O. The van der Waals surface area contributed by atoms with Crippen molar-refractivity contribution in [2.24, 2.45) is 11.7 Å².